The van der Waals surface area contributed by atoms with E-state index in [2.05, 4.69) is 0 Å². The molecule has 0 N–H and O–H groups in total. The number of ether oxygens (including phenoxy) is 2. The first-order chi connectivity index (χ1) is 7.00. The highest BCUT2D eigenvalue weighted by Crippen LogP contribution is 2.01. The molecule has 0 aromatic carbocycles. The van der Waals surface area contributed by atoms with E-state index in [0.29, 0.717) is 0 Å². The van der Waals surface area contributed by atoms with Gasteiger partial charge >= 0.3 is 5.97 Å². The fraction of sp³-hybridized carbons (Fsp3) is 0.667. The molecule has 1 rings (SSSR count). The molecule has 1 heterocycles. The molecular formula is C9H13NO5. The van der Waals surface area contributed by atoms with Crippen LogP contribution in [0.25, 0.3) is 0 Å². The Hall–Kier alpha value is -1.43. The highest BCUT2D eigenvalue weighted by Gasteiger charge is 2.29. The smallest absolute Gasteiger partial charge is 0.326 e. The average Bonchev–Trinajstić information content (AvgIpc) is 2.10. The van der Waals surface area contributed by atoms with Crippen molar-refractivity contribution in [3.63, 3.8) is 0 Å². The lowest BCUT2D eigenvalue weighted by Crippen LogP contribution is -2.48. The number of carbonyl (C=O) groups is 3. The summed E-state index contributed by atoms with van der Waals surface area (Å²) in [5.41, 5.74) is 0. The molecule has 0 radical (unpaired) electrons. The maximum Gasteiger partial charge on any atom is 0.326 e. The number of hydrogen-bond donors (Lipinski definition) is 0. The van der Waals surface area contributed by atoms with Gasteiger partial charge in [-0.25, -0.2) is 0 Å². The fourth-order valence-electron chi connectivity index (χ4n) is 1.13. The van der Waals surface area contributed by atoms with Crippen LogP contribution in [-0.2, 0) is 23.9 Å². The van der Waals surface area contributed by atoms with Crippen molar-refractivity contribution in [3.8, 4) is 0 Å². The van der Waals surface area contributed by atoms with Gasteiger partial charge in [0.15, 0.2) is 0 Å². The number of carbonyl (C=O) groups excluding carboxylic acids is 3. The fourth-order valence-corrected chi connectivity index (χ4v) is 1.13. The topological polar surface area (TPSA) is 72.9 Å². The summed E-state index contributed by atoms with van der Waals surface area (Å²) in [5.74, 6) is -1.60. The normalized spacial score (nSPS) is 17.1. The van der Waals surface area contributed by atoms with Crippen molar-refractivity contribution in [1.82, 2.24) is 4.90 Å². The molecule has 1 aliphatic heterocycles. The number of morpholine rings is 1. The molecule has 0 spiro atoms. The van der Waals surface area contributed by atoms with Gasteiger partial charge in [-0.3, -0.25) is 19.3 Å². The monoisotopic (exact) mass is 215 g/mol. The lowest BCUT2D eigenvalue weighted by atomic mass is 10.4. The van der Waals surface area contributed by atoms with Gasteiger partial charge < -0.3 is 9.47 Å². The molecule has 1 aliphatic rings. The summed E-state index contributed by atoms with van der Waals surface area (Å²) < 4.78 is 9.52. The Morgan fingerprint density at radius 2 is 1.93 bits per heavy atom. The van der Waals surface area contributed by atoms with Crippen LogP contribution in [0.4, 0.5) is 0 Å². The van der Waals surface area contributed by atoms with Crippen LogP contribution >= 0.6 is 0 Å². The van der Waals surface area contributed by atoms with Crippen molar-refractivity contribution in [3.05, 3.63) is 0 Å². The Morgan fingerprint density at radius 1 is 1.40 bits per heavy atom. The van der Waals surface area contributed by atoms with E-state index in [0.717, 1.165) is 4.90 Å². The van der Waals surface area contributed by atoms with Crippen LogP contribution < -0.4 is 0 Å². The Labute approximate surface area is 87.1 Å². The van der Waals surface area contributed by atoms with E-state index in [9.17, 15) is 14.4 Å². The van der Waals surface area contributed by atoms with Gasteiger partial charge in [-0.2, -0.15) is 0 Å². The second kappa shape index (κ2) is 4.88. The summed E-state index contributed by atoms with van der Waals surface area (Å²) in [6.07, 6.45) is -0.260. The second-order valence-corrected chi connectivity index (χ2v) is 3.41. The first kappa shape index (κ1) is 11.6. The third-order valence-corrected chi connectivity index (χ3v) is 1.71. The van der Waals surface area contributed by atoms with Gasteiger partial charge in [0.05, 0.1) is 6.10 Å². The molecule has 0 bridgehead atoms. The Bertz CT molecular complexity index is 270. The van der Waals surface area contributed by atoms with Crippen molar-refractivity contribution in [2.45, 2.75) is 20.0 Å². The minimum absolute atomic E-state index is 0.166. The van der Waals surface area contributed by atoms with Crippen LogP contribution in [-0.4, -0.2) is 48.5 Å². The Morgan fingerprint density at radius 3 is 2.40 bits per heavy atom. The SMILES string of the molecule is CC(C)OC(=O)CN1C(=O)COCC1=O. The standard InChI is InChI=1S/C9H13NO5/c1-6(2)15-9(13)3-10-7(11)4-14-5-8(10)12/h6H,3-5H2,1-2H3. The number of rotatable bonds is 3. The van der Waals surface area contributed by atoms with Crippen molar-refractivity contribution in [1.29, 1.82) is 0 Å². The number of nitrogens with zero attached hydrogens (tertiary/aromatic N) is 1. The molecule has 1 fully saturated rings. The van der Waals surface area contributed by atoms with Crippen LogP contribution in [0.5, 0.6) is 0 Å². The second-order valence-electron chi connectivity index (χ2n) is 3.41. The van der Waals surface area contributed by atoms with Gasteiger partial charge in [-0.05, 0) is 13.8 Å². The highest BCUT2D eigenvalue weighted by molar-refractivity contribution is 6.00. The first-order valence-corrected chi connectivity index (χ1v) is 4.61. The number of amides is 2. The molecule has 15 heavy (non-hydrogen) atoms. The largest absolute Gasteiger partial charge is 0.462 e. The third-order valence-electron chi connectivity index (χ3n) is 1.71. The zero-order valence-electron chi connectivity index (χ0n) is 8.69. The predicted molar refractivity (Wildman–Crippen MR) is 48.8 cm³/mol. The molecule has 84 valence electrons. The Kier molecular flexibility index (Phi) is 3.79. The molecule has 0 atom stereocenters. The van der Waals surface area contributed by atoms with Crippen LogP contribution in [0.1, 0.15) is 13.8 Å². The summed E-state index contributed by atoms with van der Waals surface area (Å²) in [5, 5.41) is 0. The summed E-state index contributed by atoms with van der Waals surface area (Å²) in [7, 11) is 0. The molecular weight excluding hydrogens is 202 g/mol. The van der Waals surface area contributed by atoms with Crippen LogP contribution in [0.15, 0.2) is 0 Å². The van der Waals surface area contributed by atoms with E-state index in [-0.39, 0.29) is 25.9 Å². The summed E-state index contributed by atoms with van der Waals surface area (Å²) >= 11 is 0. The van der Waals surface area contributed by atoms with E-state index in [1.807, 2.05) is 0 Å². The Balaban J connectivity index is 2.51. The number of esters is 1. The van der Waals surface area contributed by atoms with Crippen molar-refractivity contribution >= 4 is 17.8 Å². The summed E-state index contributed by atoms with van der Waals surface area (Å²) in [6, 6.07) is 0. The van der Waals surface area contributed by atoms with Gasteiger partial charge in [0.1, 0.15) is 19.8 Å². The van der Waals surface area contributed by atoms with Crippen LogP contribution in [0, 0.1) is 0 Å². The zero-order valence-corrected chi connectivity index (χ0v) is 8.69. The molecule has 6 nitrogen and oxygen atoms in total. The van der Waals surface area contributed by atoms with E-state index >= 15 is 0 Å². The van der Waals surface area contributed by atoms with Gasteiger partial charge in [0.25, 0.3) is 11.8 Å². The molecule has 1 saturated heterocycles. The van der Waals surface area contributed by atoms with Crippen molar-refractivity contribution < 1.29 is 23.9 Å². The zero-order chi connectivity index (χ0) is 11.4. The average molecular weight is 215 g/mol. The lowest BCUT2D eigenvalue weighted by Gasteiger charge is -2.24. The molecule has 0 saturated carbocycles. The maximum absolute atomic E-state index is 11.2. The van der Waals surface area contributed by atoms with Crippen LogP contribution in [0.2, 0.25) is 0 Å². The molecule has 0 unspecified atom stereocenters. The summed E-state index contributed by atoms with van der Waals surface area (Å²) in [4.78, 5) is 34.5. The van der Waals surface area contributed by atoms with E-state index in [1.54, 1.807) is 13.8 Å². The minimum atomic E-state index is -0.589. The van der Waals surface area contributed by atoms with Gasteiger partial charge in [0.2, 0.25) is 0 Å². The van der Waals surface area contributed by atoms with Crippen molar-refractivity contribution in [2.75, 3.05) is 19.8 Å². The molecule has 0 aliphatic carbocycles. The third kappa shape index (κ3) is 3.32. The first-order valence-electron chi connectivity index (χ1n) is 4.61. The van der Waals surface area contributed by atoms with Gasteiger partial charge in [-0.15, -0.1) is 0 Å². The van der Waals surface area contributed by atoms with E-state index in [1.165, 1.54) is 0 Å². The predicted octanol–water partition coefficient (Wildman–Crippen LogP) is -0.677. The van der Waals surface area contributed by atoms with Crippen LogP contribution in [0.3, 0.4) is 0 Å². The minimum Gasteiger partial charge on any atom is -0.462 e. The van der Waals surface area contributed by atoms with Gasteiger partial charge in [-0.1, -0.05) is 0 Å². The van der Waals surface area contributed by atoms with Gasteiger partial charge in [0, 0.05) is 0 Å². The number of imide groups is 1. The molecule has 6 heteroatoms. The molecule has 0 aromatic heterocycles. The highest BCUT2D eigenvalue weighted by atomic mass is 16.5. The lowest BCUT2D eigenvalue weighted by molar-refractivity contribution is -0.165. The summed E-state index contributed by atoms with van der Waals surface area (Å²) in [6.45, 7) is 2.72. The number of hydrogen-bond acceptors (Lipinski definition) is 5. The molecule has 2 amide bonds. The van der Waals surface area contributed by atoms with Crippen molar-refractivity contribution in [2.24, 2.45) is 0 Å². The van der Waals surface area contributed by atoms with E-state index < -0.39 is 17.8 Å². The van der Waals surface area contributed by atoms with E-state index in [4.69, 9.17) is 9.47 Å². The maximum atomic E-state index is 11.2. The quantitative estimate of drug-likeness (QED) is 0.461. The molecule has 0 aromatic rings.